The molecule has 3 heteroatoms. The molecule has 1 aromatic rings. The minimum absolute atomic E-state index is 0. The van der Waals surface area contributed by atoms with Crippen LogP contribution in [-0.4, -0.2) is 13.2 Å². The van der Waals surface area contributed by atoms with Crippen LogP contribution in [0.25, 0.3) is 0 Å². The van der Waals surface area contributed by atoms with Gasteiger partial charge >= 0.3 is 21.7 Å². The summed E-state index contributed by atoms with van der Waals surface area (Å²) in [6.45, 7) is 6.55. The minimum Gasteiger partial charge on any atom is -0.525 e. The quantitative estimate of drug-likeness (QED) is 0.448. The van der Waals surface area contributed by atoms with Gasteiger partial charge in [-0.1, -0.05) is 6.79 Å². The molecule has 0 saturated carbocycles. The Hall–Kier alpha value is -0.146. The summed E-state index contributed by atoms with van der Waals surface area (Å²) in [6, 6.07) is 12.5. The number of benzene rings is 1. The van der Waals surface area contributed by atoms with E-state index < -0.39 is 0 Å². The Morgan fingerprint density at radius 2 is 1.50 bits per heavy atom. The van der Waals surface area contributed by atoms with Crippen molar-refractivity contribution in [1.82, 2.24) is 0 Å². The molecule has 76 valence electrons. The molecule has 0 saturated heterocycles. The molecular formula is C11H16O2Ti. The Morgan fingerprint density at radius 1 is 1.00 bits per heavy atom. The van der Waals surface area contributed by atoms with E-state index >= 15 is 0 Å². The molecule has 0 heterocycles. The molecule has 0 aliphatic heterocycles. The topological polar surface area (TPSA) is 18.5 Å². The van der Waals surface area contributed by atoms with Gasteiger partial charge in [0.1, 0.15) is 0 Å². The van der Waals surface area contributed by atoms with Crippen molar-refractivity contribution in [1.29, 1.82) is 0 Å². The molecule has 0 atom stereocenters. The van der Waals surface area contributed by atoms with Crippen molar-refractivity contribution in [2.75, 3.05) is 13.2 Å². The normalized spacial score (nSPS) is 8.14. The van der Waals surface area contributed by atoms with Gasteiger partial charge in [-0.2, -0.15) is 36.4 Å². The first-order valence-electron chi connectivity index (χ1n) is 4.37. The van der Waals surface area contributed by atoms with E-state index in [2.05, 4.69) is 6.07 Å². The van der Waals surface area contributed by atoms with E-state index in [1.165, 1.54) is 6.79 Å². The summed E-state index contributed by atoms with van der Waals surface area (Å²) in [6.07, 6.45) is 0. The van der Waals surface area contributed by atoms with Gasteiger partial charge in [0.2, 0.25) is 0 Å². The van der Waals surface area contributed by atoms with Crippen molar-refractivity contribution in [3.05, 3.63) is 43.2 Å². The summed E-state index contributed by atoms with van der Waals surface area (Å²) >= 11 is 0. The largest absolute Gasteiger partial charge is 2.00 e. The van der Waals surface area contributed by atoms with E-state index in [0.717, 1.165) is 0 Å². The summed E-state index contributed by atoms with van der Waals surface area (Å²) in [5.41, 5.74) is 0. The molecule has 0 fully saturated rings. The minimum atomic E-state index is 0. The third-order valence-electron chi connectivity index (χ3n) is 1.08. The second-order valence-electron chi connectivity index (χ2n) is 2.08. The number of rotatable bonds is 4. The first kappa shape index (κ1) is 16.3. The zero-order valence-corrected chi connectivity index (χ0v) is 10.3. The molecule has 0 spiro atoms. The zero-order valence-electron chi connectivity index (χ0n) is 8.69. The average molecular weight is 228 g/mol. The predicted octanol–water partition coefficient (Wildman–Crippen LogP) is 2.66. The van der Waals surface area contributed by atoms with Crippen LogP contribution in [-0.2, 0) is 31.2 Å². The molecule has 2 nitrogen and oxygen atoms in total. The molecule has 0 radical (unpaired) electrons. The van der Waals surface area contributed by atoms with E-state index in [1.807, 2.05) is 44.2 Å². The third-order valence-corrected chi connectivity index (χ3v) is 1.08. The van der Waals surface area contributed by atoms with Crippen LogP contribution in [0.4, 0.5) is 0 Å². The predicted molar refractivity (Wildman–Crippen MR) is 52.8 cm³/mol. The van der Waals surface area contributed by atoms with Gasteiger partial charge < -0.3 is 9.47 Å². The second-order valence-corrected chi connectivity index (χ2v) is 2.08. The van der Waals surface area contributed by atoms with Crippen molar-refractivity contribution in [2.45, 2.75) is 13.8 Å². The fourth-order valence-electron chi connectivity index (χ4n) is 0.526. The molecule has 1 aromatic carbocycles. The molecule has 0 unspecified atom stereocenters. The van der Waals surface area contributed by atoms with Gasteiger partial charge in [0.05, 0.1) is 0 Å². The van der Waals surface area contributed by atoms with Crippen LogP contribution in [0, 0.1) is 12.9 Å². The van der Waals surface area contributed by atoms with Gasteiger partial charge in [-0.25, -0.2) is 0 Å². The van der Waals surface area contributed by atoms with Crippen LogP contribution in [0.3, 0.4) is 0 Å². The van der Waals surface area contributed by atoms with Gasteiger partial charge in [0.25, 0.3) is 0 Å². The molecule has 0 bridgehead atoms. The Kier molecular flexibility index (Phi) is 17.8. The Labute approximate surface area is 101 Å². The van der Waals surface area contributed by atoms with Gasteiger partial charge in [-0.15, -0.1) is 0 Å². The number of hydrogen-bond donors (Lipinski definition) is 0. The van der Waals surface area contributed by atoms with Gasteiger partial charge in [0.15, 0.2) is 0 Å². The molecule has 0 N–H and O–H groups in total. The molecule has 0 amide bonds. The first-order valence-corrected chi connectivity index (χ1v) is 4.37. The summed E-state index contributed by atoms with van der Waals surface area (Å²) in [5, 5.41) is 0. The van der Waals surface area contributed by atoms with E-state index in [9.17, 15) is 0 Å². The smallest absolute Gasteiger partial charge is 0.525 e. The van der Waals surface area contributed by atoms with Gasteiger partial charge in [-0.05, 0) is 13.8 Å². The maximum Gasteiger partial charge on any atom is 2.00 e. The summed E-state index contributed by atoms with van der Waals surface area (Å²) in [7, 11) is 0. The number of hydrogen-bond acceptors (Lipinski definition) is 2. The van der Waals surface area contributed by atoms with Crippen molar-refractivity contribution < 1.29 is 31.2 Å². The van der Waals surface area contributed by atoms with E-state index in [4.69, 9.17) is 9.47 Å². The van der Waals surface area contributed by atoms with Crippen molar-refractivity contribution >= 4 is 0 Å². The van der Waals surface area contributed by atoms with Crippen LogP contribution in [0.1, 0.15) is 13.8 Å². The zero-order chi connectivity index (χ0) is 9.78. The SMILES string of the molecule is CCO[CH-]OCC.[Ti+2].[c-]1ccccc1. The Bertz CT molecular complexity index is 137. The van der Waals surface area contributed by atoms with Crippen LogP contribution >= 0.6 is 0 Å². The second kappa shape index (κ2) is 15.3. The summed E-state index contributed by atoms with van der Waals surface area (Å²) in [5.74, 6) is 0. The first-order chi connectivity index (χ1) is 6.41. The van der Waals surface area contributed by atoms with Crippen LogP contribution < -0.4 is 0 Å². The van der Waals surface area contributed by atoms with Crippen LogP contribution in [0.2, 0.25) is 0 Å². The van der Waals surface area contributed by atoms with Gasteiger partial charge in [0, 0.05) is 13.2 Å². The molecule has 1 rings (SSSR count). The fraction of sp³-hybridized carbons (Fsp3) is 0.364. The standard InChI is InChI=1S/C6H5.C5H11O2.Ti/c1-2-4-6-5-3-1;1-3-6-5-7-4-2;/h1-5H;5H,3-4H2,1-2H3;/q2*-1;+2. The van der Waals surface area contributed by atoms with E-state index in [1.54, 1.807) is 0 Å². The van der Waals surface area contributed by atoms with Crippen molar-refractivity contribution in [3.63, 3.8) is 0 Å². The van der Waals surface area contributed by atoms with Gasteiger partial charge in [-0.3, -0.25) is 0 Å². The summed E-state index contributed by atoms with van der Waals surface area (Å²) < 4.78 is 9.45. The maximum atomic E-state index is 4.73. The Balaban J connectivity index is 0. The molecular weight excluding hydrogens is 212 g/mol. The maximum absolute atomic E-state index is 4.73. The molecule has 0 aromatic heterocycles. The molecule has 0 aliphatic carbocycles. The van der Waals surface area contributed by atoms with Crippen LogP contribution in [0.15, 0.2) is 30.3 Å². The average Bonchev–Trinajstić information content (AvgIpc) is 2.22. The Morgan fingerprint density at radius 3 is 1.71 bits per heavy atom. The van der Waals surface area contributed by atoms with E-state index in [0.29, 0.717) is 13.2 Å². The third kappa shape index (κ3) is 14.4. The van der Waals surface area contributed by atoms with Crippen molar-refractivity contribution in [3.8, 4) is 0 Å². The monoisotopic (exact) mass is 228 g/mol. The molecule has 0 aliphatic rings. The number of ether oxygens (including phenoxy) is 2. The fourth-order valence-corrected chi connectivity index (χ4v) is 0.526. The van der Waals surface area contributed by atoms with E-state index in [-0.39, 0.29) is 21.7 Å². The van der Waals surface area contributed by atoms with Crippen molar-refractivity contribution in [2.24, 2.45) is 0 Å². The summed E-state index contributed by atoms with van der Waals surface area (Å²) in [4.78, 5) is 0. The molecule has 14 heavy (non-hydrogen) atoms. The van der Waals surface area contributed by atoms with Crippen LogP contribution in [0.5, 0.6) is 0 Å².